The molecule has 8 aromatic carbocycles. The van der Waals surface area contributed by atoms with Gasteiger partial charge >= 0.3 is 0 Å². The fourth-order valence-corrected chi connectivity index (χ4v) is 8.46. The first kappa shape index (κ1) is 31.9. The summed E-state index contributed by atoms with van der Waals surface area (Å²) in [4.78, 5) is 12.3. The fourth-order valence-electron chi connectivity index (χ4n) is 8.46. The summed E-state index contributed by atoms with van der Waals surface area (Å²) in [6, 6.07) is 68.9. The summed E-state index contributed by atoms with van der Waals surface area (Å²) in [5.74, 6) is 0. The van der Waals surface area contributed by atoms with Crippen molar-refractivity contribution in [3.8, 4) is 28.2 Å². The van der Waals surface area contributed by atoms with Crippen molar-refractivity contribution in [1.82, 2.24) is 14.5 Å². The number of pyridine rings is 2. The second-order valence-electron chi connectivity index (χ2n) is 14.2. The molecule has 0 spiro atoms. The highest BCUT2D eigenvalue weighted by atomic mass is 15.1. The Morgan fingerprint density at radius 3 is 1.25 bits per heavy atom. The van der Waals surface area contributed by atoms with Crippen LogP contribution in [0.4, 0.5) is 17.1 Å². The number of hydrogen-bond donors (Lipinski definition) is 0. The number of nitrogens with zero attached hydrogens (tertiary/aromatic N) is 4. The highest BCUT2D eigenvalue weighted by Crippen LogP contribution is 2.40. The van der Waals surface area contributed by atoms with E-state index in [1.807, 2.05) is 24.5 Å². The zero-order valence-corrected chi connectivity index (χ0v) is 30.4. The van der Waals surface area contributed by atoms with E-state index in [1.165, 1.54) is 54.1 Å². The third-order valence-electron chi connectivity index (χ3n) is 11.0. The summed E-state index contributed by atoms with van der Waals surface area (Å²) in [5, 5.41) is 9.82. The average molecular weight is 715 g/mol. The van der Waals surface area contributed by atoms with Gasteiger partial charge < -0.3 is 9.47 Å². The fraction of sp³-hybridized carbons (Fsp3) is 0. The van der Waals surface area contributed by atoms with Crippen molar-refractivity contribution in [2.75, 3.05) is 4.90 Å². The molecule has 3 heterocycles. The standard InChI is InChI=1S/C52H34N4/c1-3-13-37(14-4-1)55(38-15-5-2-6-16-38)39-25-29-49(53-33-39)35-23-27-43-44-28-24-36(32-48(44)42-18-8-7-17-41(42)47(43)31-35)50-30-26-40(34-54-50)56-51-21-11-9-19-45(51)46-20-10-12-22-52(46)56/h1-34H. The van der Waals surface area contributed by atoms with E-state index in [1.54, 1.807) is 0 Å². The lowest BCUT2D eigenvalue weighted by atomic mass is 9.91. The van der Waals surface area contributed by atoms with Crippen LogP contribution in [0.25, 0.3) is 82.3 Å². The van der Waals surface area contributed by atoms with Crippen LogP contribution in [-0.2, 0) is 0 Å². The minimum absolute atomic E-state index is 0.937. The Morgan fingerprint density at radius 2 is 0.768 bits per heavy atom. The normalized spacial score (nSPS) is 11.6. The molecule has 0 unspecified atom stereocenters. The van der Waals surface area contributed by atoms with Gasteiger partial charge in [0.25, 0.3) is 0 Å². The summed E-state index contributed by atoms with van der Waals surface area (Å²) >= 11 is 0. The molecule has 0 atom stereocenters. The smallest absolute Gasteiger partial charge is 0.0703 e. The van der Waals surface area contributed by atoms with E-state index in [0.717, 1.165) is 45.3 Å². The molecular formula is C52H34N4. The van der Waals surface area contributed by atoms with Crippen LogP contribution in [0, 0.1) is 0 Å². The van der Waals surface area contributed by atoms with Gasteiger partial charge in [-0.1, -0.05) is 121 Å². The Kier molecular flexibility index (Phi) is 7.46. The Labute approximate surface area is 324 Å². The third-order valence-corrected chi connectivity index (χ3v) is 11.0. The van der Waals surface area contributed by atoms with Crippen LogP contribution in [0.15, 0.2) is 207 Å². The largest absolute Gasteiger partial charge is 0.309 e. The molecule has 262 valence electrons. The predicted octanol–water partition coefficient (Wildman–Crippen LogP) is 13.8. The molecule has 4 nitrogen and oxygen atoms in total. The molecule has 4 heteroatoms. The maximum Gasteiger partial charge on any atom is 0.0703 e. The van der Waals surface area contributed by atoms with Gasteiger partial charge in [0.05, 0.1) is 46.2 Å². The number of hydrogen-bond acceptors (Lipinski definition) is 3. The molecule has 0 radical (unpaired) electrons. The van der Waals surface area contributed by atoms with Gasteiger partial charge in [0, 0.05) is 33.3 Å². The summed E-state index contributed by atoms with van der Waals surface area (Å²) in [7, 11) is 0. The zero-order valence-electron chi connectivity index (χ0n) is 30.4. The van der Waals surface area contributed by atoms with Gasteiger partial charge in [0.1, 0.15) is 0 Å². The molecule has 0 amide bonds. The van der Waals surface area contributed by atoms with Crippen LogP contribution in [0.5, 0.6) is 0 Å². The first-order valence-electron chi connectivity index (χ1n) is 19.0. The Bertz CT molecular complexity index is 3110. The highest BCUT2D eigenvalue weighted by molar-refractivity contribution is 6.26. The average Bonchev–Trinajstić information content (AvgIpc) is 3.62. The minimum atomic E-state index is 0.937. The number of rotatable bonds is 6. The van der Waals surface area contributed by atoms with Gasteiger partial charge in [-0.05, 0) is 105 Å². The number of aromatic nitrogens is 3. The van der Waals surface area contributed by atoms with E-state index < -0.39 is 0 Å². The van der Waals surface area contributed by atoms with Gasteiger partial charge in [-0.15, -0.1) is 0 Å². The monoisotopic (exact) mass is 714 g/mol. The van der Waals surface area contributed by atoms with Crippen LogP contribution < -0.4 is 4.90 Å². The minimum Gasteiger partial charge on any atom is -0.309 e. The van der Waals surface area contributed by atoms with Gasteiger partial charge in [0.2, 0.25) is 0 Å². The van der Waals surface area contributed by atoms with Crippen LogP contribution in [-0.4, -0.2) is 14.5 Å². The molecular weight excluding hydrogens is 681 g/mol. The SMILES string of the molecule is c1ccc(N(c2ccccc2)c2ccc(-c3ccc4c5ccc(-c6ccc(-n7c8ccccc8c8ccccc87)cn6)cc5c5ccccc5c4c3)nc2)cc1. The zero-order chi connectivity index (χ0) is 37.0. The molecule has 0 aliphatic rings. The maximum absolute atomic E-state index is 5.03. The van der Waals surface area contributed by atoms with Crippen molar-refractivity contribution in [1.29, 1.82) is 0 Å². The van der Waals surface area contributed by atoms with Crippen LogP contribution in [0.2, 0.25) is 0 Å². The number of para-hydroxylation sites is 4. The first-order chi connectivity index (χ1) is 27.8. The molecule has 0 N–H and O–H groups in total. The predicted molar refractivity (Wildman–Crippen MR) is 234 cm³/mol. The van der Waals surface area contributed by atoms with E-state index in [4.69, 9.17) is 9.97 Å². The Balaban J connectivity index is 0.970. The second kappa shape index (κ2) is 13.1. The Hall–Kier alpha value is -7.56. The number of fused-ring (bicyclic) bond motifs is 9. The van der Waals surface area contributed by atoms with Crippen LogP contribution >= 0.6 is 0 Å². The van der Waals surface area contributed by atoms with Gasteiger partial charge in [-0.3, -0.25) is 9.97 Å². The molecule has 0 saturated heterocycles. The van der Waals surface area contributed by atoms with E-state index >= 15 is 0 Å². The lowest BCUT2D eigenvalue weighted by Crippen LogP contribution is -2.09. The van der Waals surface area contributed by atoms with Crippen molar-refractivity contribution >= 4 is 71.2 Å². The third kappa shape index (κ3) is 5.23. The molecule has 11 rings (SSSR count). The van der Waals surface area contributed by atoms with Gasteiger partial charge in [-0.25, -0.2) is 0 Å². The van der Waals surface area contributed by atoms with Crippen molar-refractivity contribution in [3.63, 3.8) is 0 Å². The highest BCUT2D eigenvalue weighted by Gasteiger charge is 2.16. The number of anilines is 3. The molecule has 11 aromatic rings. The summed E-state index contributed by atoms with van der Waals surface area (Å²) in [5.41, 5.74) is 10.7. The first-order valence-corrected chi connectivity index (χ1v) is 19.0. The van der Waals surface area contributed by atoms with Crippen molar-refractivity contribution in [2.24, 2.45) is 0 Å². The molecule has 56 heavy (non-hydrogen) atoms. The molecule has 3 aromatic heterocycles. The molecule has 0 saturated carbocycles. The maximum atomic E-state index is 5.03. The van der Waals surface area contributed by atoms with Gasteiger partial charge in [-0.2, -0.15) is 0 Å². The molecule has 0 aliphatic carbocycles. The van der Waals surface area contributed by atoms with Crippen molar-refractivity contribution < 1.29 is 0 Å². The lowest BCUT2D eigenvalue weighted by molar-refractivity contribution is 1.14. The summed E-state index contributed by atoms with van der Waals surface area (Å²) in [6.45, 7) is 0. The Morgan fingerprint density at radius 1 is 0.321 bits per heavy atom. The second-order valence-corrected chi connectivity index (χ2v) is 14.2. The lowest BCUT2D eigenvalue weighted by Gasteiger charge is -2.25. The van der Waals surface area contributed by atoms with Crippen molar-refractivity contribution in [3.05, 3.63) is 207 Å². The molecule has 0 aliphatic heterocycles. The van der Waals surface area contributed by atoms with Crippen LogP contribution in [0.3, 0.4) is 0 Å². The molecule has 0 fully saturated rings. The van der Waals surface area contributed by atoms with Crippen molar-refractivity contribution in [2.45, 2.75) is 0 Å². The quantitative estimate of drug-likeness (QED) is 0.161. The number of benzene rings is 8. The summed E-state index contributed by atoms with van der Waals surface area (Å²) < 4.78 is 2.31. The van der Waals surface area contributed by atoms with E-state index in [-0.39, 0.29) is 0 Å². The topological polar surface area (TPSA) is 34.0 Å². The molecule has 0 bridgehead atoms. The van der Waals surface area contributed by atoms with E-state index in [2.05, 4.69) is 191 Å². The van der Waals surface area contributed by atoms with E-state index in [0.29, 0.717) is 0 Å². The summed E-state index contributed by atoms with van der Waals surface area (Å²) in [6.07, 6.45) is 3.98. The van der Waals surface area contributed by atoms with Gasteiger partial charge in [0.15, 0.2) is 0 Å². The van der Waals surface area contributed by atoms with Crippen LogP contribution in [0.1, 0.15) is 0 Å². The van der Waals surface area contributed by atoms with E-state index in [9.17, 15) is 0 Å².